The summed E-state index contributed by atoms with van der Waals surface area (Å²) < 4.78 is 51.8. The van der Waals surface area contributed by atoms with E-state index < -0.39 is 17.8 Å². The third kappa shape index (κ3) is 10.3. The number of hydrogen-bond donors (Lipinski definition) is 2. The number of fused-ring (bicyclic) bond motifs is 1. The van der Waals surface area contributed by atoms with Crippen LogP contribution in [-0.4, -0.2) is 78.3 Å². The lowest BCUT2D eigenvalue weighted by Gasteiger charge is -2.36. The molecule has 260 valence electrons. The van der Waals surface area contributed by atoms with Crippen molar-refractivity contribution >= 4 is 17.5 Å². The van der Waals surface area contributed by atoms with Crippen molar-refractivity contribution in [1.29, 1.82) is 0 Å². The molecule has 0 radical (unpaired) electrons. The van der Waals surface area contributed by atoms with Crippen LogP contribution in [0, 0.1) is 5.92 Å². The largest absolute Gasteiger partial charge is 0.490 e. The topological polar surface area (TPSA) is 91.3 Å². The van der Waals surface area contributed by atoms with Crippen molar-refractivity contribution in [3.63, 3.8) is 0 Å². The highest BCUT2D eigenvalue weighted by molar-refractivity contribution is 6.05. The maximum absolute atomic E-state index is 14.3. The Morgan fingerprint density at radius 1 is 1.06 bits per heavy atom. The Morgan fingerprint density at radius 3 is 2.44 bits per heavy atom. The average Bonchev–Trinajstić information content (AvgIpc) is 3.06. The second-order valence-corrected chi connectivity index (χ2v) is 12.7. The van der Waals surface area contributed by atoms with Crippen LogP contribution in [0.25, 0.3) is 0 Å². The summed E-state index contributed by atoms with van der Waals surface area (Å²) in [5.74, 6) is -0.442. The number of nitrogens with zero attached hydrogens (tertiary/aromatic N) is 2. The molecule has 0 aromatic heterocycles. The molecule has 2 amide bonds. The second-order valence-electron chi connectivity index (χ2n) is 12.7. The number of anilines is 1. The Bertz CT molecular complexity index is 1490. The van der Waals surface area contributed by atoms with Gasteiger partial charge in [0.1, 0.15) is 5.75 Å². The molecule has 0 spiro atoms. The van der Waals surface area contributed by atoms with Crippen LogP contribution in [0.1, 0.15) is 71.9 Å². The minimum atomic E-state index is -4.39. The third-order valence-corrected chi connectivity index (χ3v) is 8.57. The van der Waals surface area contributed by atoms with Gasteiger partial charge in [-0.15, -0.1) is 0 Å². The Morgan fingerprint density at radius 2 is 1.77 bits per heavy atom. The first-order valence-corrected chi connectivity index (χ1v) is 16.4. The summed E-state index contributed by atoms with van der Waals surface area (Å²) in [5.41, 5.74) is 1.24. The van der Waals surface area contributed by atoms with Gasteiger partial charge in [-0.2, -0.15) is 13.2 Å². The number of carbonyl (C=O) groups is 2. The van der Waals surface area contributed by atoms with Gasteiger partial charge in [-0.1, -0.05) is 37.3 Å². The minimum Gasteiger partial charge on any atom is -0.490 e. The fourth-order valence-electron chi connectivity index (χ4n) is 5.74. The molecule has 8 nitrogen and oxygen atoms in total. The SMILES string of the molecule is C[C@@H]1CCCCO[C@H](CN(C)Cc2ccc(C(F)(F)F)cc2)[C@@H](C)CN([C@@H](C)CO)C(=O)c2cc(NC(=O)c3ccccc3)ccc2O1. The average molecular weight is 670 g/mol. The lowest BCUT2D eigenvalue weighted by atomic mass is 10.0. The van der Waals surface area contributed by atoms with E-state index in [2.05, 4.69) is 5.32 Å². The summed E-state index contributed by atoms with van der Waals surface area (Å²) in [4.78, 5) is 30.9. The van der Waals surface area contributed by atoms with Crippen LogP contribution >= 0.6 is 0 Å². The molecule has 48 heavy (non-hydrogen) atoms. The molecule has 0 saturated heterocycles. The van der Waals surface area contributed by atoms with E-state index in [1.165, 1.54) is 12.1 Å². The second kappa shape index (κ2) is 16.9. The van der Waals surface area contributed by atoms with Crippen LogP contribution in [0.4, 0.5) is 18.9 Å². The van der Waals surface area contributed by atoms with E-state index in [0.29, 0.717) is 36.7 Å². The van der Waals surface area contributed by atoms with Crippen molar-refractivity contribution in [3.05, 3.63) is 95.1 Å². The van der Waals surface area contributed by atoms with E-state index in [-0.39, 0.29) is 48.7 Å². The zero-order valence-electron chi connectivity index (χ0n) is 28.0. The molecule has 0 aliphatic carbocycles. The monoisotopic (exact) mass is 669 g/mol. The van der Waals surface area contributed by atoms with E-state index >= 15 is 0 Å². The van der Waals surface area contributed by atoms with Gasteiger partial charge in [0.05, 0.1) is 36.0 Å². The Balaban J connectivity index is 1.58. The minimum absolute atomic E-state index is 0.176. The zero-order chi connectivity index (χ0) is 34.8. The van der Waals surface area contributed by atoms with Crippen molar-refractivity contribution in [1.82, 2.24) is 9.80 Å². The number of aliphatic hydroxyl groups is 1. The molecule has 2 N–H and O–H groups in total. The number of aliphatic hydroxyl groups excluding tert-OH is 1. The summed E-state index contributed by atoms with van der Waals surface area (Å²) in [6, 6.07) is 18.4. The number of carbonyl (C=O) groups excluding carboxylic acids is 2. The first-order chi connectivity index (χ1) is 22.8. The number of rotatable bonds is 8. The summed E-state index contributed by atoms with van der Waals surface area (Å²) in [6.45, 7) is 7.09. The van der Waals surface area contributed by atoms with Gasteiger partial charge in [-0.05, 0) is 88.2 Å². The fourth-order valence-corrected chi connectivity index (χ4v) is 5.74. The number of nitrogens with one attached hydrogen (secondary N) is 1. The van der Waals surface area contributed by atoms with E-state index in [0.717, 1.165) is 37.0 Å². The number of halogens is 3. The molecule has 0 fully saturated rings. The zero-order valence-corrected chi connectivity index (χ0v) is 28.0. The van der Waals surface area contributed by atoms with Crippen molar-refractivity contribution < 1.29 is 37.3 Å². The molecule has 0 saturated carbocycles. The van der Waals surface area contributed by atoms with Crippen LogP contribution in [0.5, 0.6) is 5.75 Å². The lowest BCUT2D eigenvalue weighted by molar-refractivity contribution is -0.137. The van der Waals surface area contributed by atoms with E-state index in [4.69, 9.17) is 9.47 Å². The number of alkyl halides is 3. The Hall–Kier alpha value is -3.93. The molecule has 0 bridgehead atoms. The number of ether oxygens (including phenoxy) is 2. The molecule has 4 atom stereocenters. The molecule has 0 unspecified atom stereocenters. The van der Waals surface area contributed by atoms with Gasteiger partial charge >= 0.3 is 6.18 Å². The van der Waals surface area contributed by atoms with Gasteiger partial charge in [-0.25, -0.2) is 0 Å². The molecule has 1 heterocycles. The van der Waals surface area contributed by atoms with Crippen LogP contribution in [0.3, 0.4) is 0 Å². The molecule has 1 aliphatic heterocycles. The number of amides is 2. The first kappa shape index (κ1) is 36.9. The number of likely N-dealkylation sites (N-methyl/N-ethyl adjacent to an activating group) is 1. The summed E-state index contributed by atoms with van der Waals surface area (Å²) >= 11 is 0. The highest BCUT2D eigenvalue weighted by Crippen LogP contribution is 2.30. The lowest BCUT2D eigenvalue weighted by Crippen LogP contribution is -2.47. The Labute approximate surface area is 280 Å². The molecule has 3 aromatic rings. The third-order valence-electron chi connectivity index (χ3n) is 8.57. The van der Waals surface area contributed by atoms with Crippen LogP contribution in [0.2, 0.25) is 0 Å². The van der Waals surface area contributed by atoms with Crippen LogP contribution < -0.4 is 10.1 Å². The summed E-state index contributed by atoms with van der Waals surface area (Å²) in [6.07, 6.45) is -2.53. The first-order valence-electron chi connectivity index (χ1n) is 16.4. The number of hydrogen-bond acceptors (Lipinski definition) is 6. The van der Waals surface area contributed by atoms with Gasteiger partial charge in [0.15, 0.2) is 0 Å². The van der Waals surface area contributed by atoms with Gasteiger partial charge in [-0.3, -0.25) is 14.5 Å². The normalized spacial score (nSPS) is 20.4. The van der Waals surface area contributed by atoms with E-state index in [9.17, 15) is 27.9 Å². The van der Waals surface area contributed by atoms with Crippen molar-refractivity contribution in [2.24, 2.45) is 5.92 Å². The van der Waals surface area contributed by atoms with Gasteiger partial charge < -0.3 is 24.8 Å². The predicted octanol–water partition coefficient (Wildman–Crippen LogP) is 6.89. The van der Waals surface area contributed by atoms with Crippen LogP contribution in [-0.2, 0) is 17.5 Å². The molecular formula is C37H46F3N3O5. The molecular weight excluding hydrogens is 623 g/mol. The standard InChI is InChI=1S/C37H46F3N3O5/c1-25-21-43(26(2)24-44)36(46)32-20-31(41-35(45)29-11-6-5-7-12-29)17-18-33(32)48-27(3)10-8-9-19-47-34(25)23-42(4)22-28-13-15-30(16-14-28)37(38,39)40/h5-7,11-18,20,25-27,34,44H,8-10,19,21-24H2,1-4H3,(H,41,45)/t25-,26-,27+,34+/m0/s1. The Kier molecular flexibility index (Phi) is 13.0. The summed E-state index contributed by atoms with van der Waals surface area (Å²) in [5, 5.41) is 13.1. The highest BCUT2D eigenvalue weighted by Gasteiger charge is 2.32. The highest BCUT2D eigenvalue weighted by atomic mass is 19.4. The van der Waals surface area contributed by atoms with Gasteiger partial charge in [0.2, 0.25) is 0 Å². The molecule has 11 heteroatoms. The van der Waals surface area contributed by atoms with Gasteiger partial charge in [0, 0.05) is 43.4 Å². The molecule has 1 aliphatic rings. The fraction of sp³-hybridized carbons (Fsp3) is 0.459. The van der Waals surface area contributed by atoms with Crippen molar-refractivity contribution in [2.45, 2.75) is 71.0 Å². The number of benzene rings is 3. The maximum atomic E-state index is 14.3. The smallest absolute Gasteiger partial charge is 0.416 e. The van der Waals surface area contributed by atoms with Crippen molar-refractivity contribution in [3.8, 4) is 5.75 Å². The predicted molar refractivity (Wildman–Crippen MR) is 179 cm³/mol. The molecule has 3 aromatic carbocycles. The van der Waals surface area contributed by atoms with Crippen LogP contribution in [0.15, 0.2) is 72.8 Å². The van der Waals surface area contributed by atoms with E-state index in [1.807, 2.05) is 31.9 Å². The quantitative estimate of drug-likeness (QED) is 0.272. The maximum Gasteiger partial charge on any atom is 0.416 e. The van der Waals surface area contributed by atoms with Gasteiger partial charge in [0.25, 0.3) is 11.8 Å². The van der Waals surface area contributed by atoms with Crippen molar-refractivity contribution in [2.75, 3.05) is 38.7 Å². The summed E-state index contributed by atoms with van der Waals surface area (Å²) in [7, 11) is 1.89. The molecule has 4 rings (SSSR count). The van der Waals surface area contributed by atoms with E-state index in [1.54, 1.807) is 54.3 Å².